The van der Waals surface area contributed by atoms with E-state index >= 15 is 0 Å². The Hall–Kier alpha value is -1.90. The highest BCUT2D eigenvalue weighted by Crippen LogP contribution is 2.26. The zero-order valence-corrected chi connectivity index (χ0v) is 12.3. The molecule has 21 heavy (non-hydrogen) atoms. The third kappa shape index (κ3) is 3.23. The molecule has 108 valence electrons. The summed E-state index contributed by atoms with van der Waals surface area (Å²) >= 11 is 7.39. The number of hydrogen-bond donors (Lipinski definition) is 1. The fourth-order valence-corrected chi connectivity index (χ4v) is 2.41. The highest BCUT2D eigenvalue weighted by atomic mass is 35.5. The molecule has 0 amide bonds. The van der Waals surface area contributed by atoms with Gasteiger partial charge in [-0.25, -0.2) is 0 Å². The van der Waals surface area contributed by atoms with Crippen LogP contribution in [-0.2, 0) is 12.3 Å². The van der Waals surface area contributed by atoms with Crippen molar-refractivity contribution in [1.29, 1.82) is 0 Å². The van der Waals surface area contributed by atoms with E-state index in [1.807, 2.05) is 18.2 Å². The minimum Gasteiger partial charge on any atom is -0.415 e. The molecule has 0 unspecified atom stereocenters. The quantitative estimate of drug-likeness (QED) is 0.714. The Morgan fingerprint density at radius 2 is 2.05 bits per heavy atom. The molecule has 0 fully saturated rings. The second-order valence-electron chi connectivity index (χ2n) is 3.95. The molecule has 0 spiro atoms. The number of hydrogen-bond acceptors (Lipinski definition) is 8. The first-order valence-electron chi connectivity index (χ1n) is 5.99. The van der Waals surface area contributed by atoms with Gasteiger partial charge in [0.05, 0.1) is 17.3 Å². The molecule has 0 aliphatic rings. The van der Waals surface area contributed by atoms with Gasteiger partial charge in [0.2, 0.25) is 17.6 Å². The van der Waals surface area contributed by atoms with Crippen LogP contribution in [0.15, 0.2) is 38.4 Å². The third-order valence-corrected chi connectivity index (χ3v) is 3.66. The lowest BCUT2D eigenvalue weighted by atomic mass is 10.2. The largest absolute Gasteiger partial charge is 0.415 e. The van der Waals surface area contributed by atoms with Gasteiger partial charge in [-0.3, -0.25) is 0 Å². The van der Waals surface area contributed by atoms with Gasteiger partial charge in [-0.15, -0.1) is 10.2 Å². The SMILES string of the molecule is NCc1nnc(SCc2nc(-c3ccccc3Cl)no2)o1. The van der Waals surface area contributed by atoms with Crippen molar-refractivity contribution in [1.82, 2.24) is 20.3 Å². The van der Waals surface area contributed by atoms with Gasteiger partial charge in [0.1, 0.15) is 0 Å². The molecule has 3 rings (SSSR count). The molecule has 0 radical (unpaired) electrons. The highest BCUT2D eigenvalue weighted by Gasteiger charge is 2.13. The molecule has 0 saturated heterocycles. The van der Waals surface area contributed by atoms with Crippen LogP contribution in [0.3, 0.4) is 0 Å². The van der Waals surface area contributed by atoms with Crippen LogP contribution in [0, 0.1) is 0 Å². The Balaban J connectivity index is 1.69. The molecule has 2 N–H and O–H groups in total. The Kier molecular flexibility index (Phi) is 4.18. The molecule has 0 bridgehead atoms. The second kappa shape index (κ2) is 6.25. The second-order valence-corrected chi connectivity index (χ2v) is 5.28. The number of thioether (sulfide) groups is 1. The van der Waals surface area contributed by atoms with E-state index < -0.39 is 0 Å². The molecular weight excluding hydrogens is 314 g/mol. The van der Waals surface area contributed by atoms with Crippen molar-refractivity contribution in [2.45, 2.75) is 17.5 Å². The lowest BCUT2D eigenvalue weighted by Gasteiger charge is -1.95. The van der Waals surface area contributed by atoms with Gasteiger partial charge in [-0.2, -0.15) is 4.98 Å². The molecule has 2 heterocycles. The summed E-state index contributed by atoms with van der Waals surface area (Å²) < 4.78 is 10.4. The fourth-order valence-electron chi connectivity index (χ4n) is 1.57. The summed E-state index contributed by atoms with van der Waals surface area (Å²) in [6.07, 6.45) is 0. The maximum atomic E-state index is 6.09. The van der Waals surface area contributed by atoms with E-state index in [0.717, 1.165) is 5.56 Å². The third-order valence-electron chi connectivity index (χ3n) is 2.52. The zero-order valence-electron chi connectivity index (χ0n) is 10.7. The van der Waals surface area contributed by atoms with E-state index in [4.69, 9.17) is 26.3 Å². The van der Waals surface area contributed by atoms with Crippen molar-refractivity contribution in [3.8, 4) is 11.4 Å². The topological polar surface area (TPSA) is 104 Å². The summed E-state index contributed by atoms with van der Waals surface area (Å²) in [5.74, 6) is 1.70. The molecule has 1 aromatic carbocycles. The molecule has 0 atom stereocenters. The minimum atomic E-state index is 0.213. The summed E-state index contributed by atoms with van der Waals surface area (Å²) in [5, 5.41) is 12.5. The number of nitrogens with two attached hydrogens (primary N) is 1. The summed E-state index contributed by atoms with van der Waals surface area (Å²) in [4.78, 5) is 4.29. The highest BCUT2D eigenvalue weighted by molar-refractivity contribution is 7.98. The van der Waals surface area contributed by atoms with Crippen molar-refractivity contribution >= 4 is 23.4 Å². The van der Waals surface area contributed by atoms with Crippen LogP contribution in [0.1, 0.15) is 11.8 Å². The maximum absolute atomic E-state index is 6.09. The predicted molar refractivity (Wildman–Crippen MR) is 76.5 cm³/mol. The van der Waals surface area contributed by atoms with E-state index in [-0.39, 0.29) is 6.54 Å². The maximum Gasteiger partial charge on any atom is 0.277 e. The van der Waals surface area contributed by atoms with E-state index in [0.29, 0.717) is 33.6 Å². The van der Waals surface area contributed by atoms with Crippen molar-refractivity contribution in [3.05, 3.63) is 41.1 Å². The average molecular weight is 324 g/mol. The number of aromatic nitrogens is 4. The first-order valence-corrected chi connectivity index (χ1v) is 7.35. The molecule has 7 nitrogen and oxygen atoms in total. The lowest BCUT2D eigenvalue weighted by Crippen LogP contribution is -1.95. The van der Waals surface area contributed by atoms with Crippen molar-refractivity contribution in [3.63, 3.8) is 0 Å². The van der Waals surface area contributed by atoms with Gasteiger partial charge >= 0.3 is 0 Å². The summed E-state index contributed by atoms with van der Waals surface area (Å²) in [7, 11) is 0. The summed E-state index contributed by atoms with van der Waals surface area (Å²) in [6, 6.07) is 7.30. The van der Waals surface area contributed by atoms with Gasteiger partial charge in [0.25, 0.3) is 5.22 Å². The Labute approximate surface area is 128 Å². The molecule has 0 aliphatic heterocycles. The Morgan fingerprint density at radius 1 is 1.19 bits per heavy atom. The van der Waals surface area contributed by atoms with Crippen molar-refractivity contribution < 1.29 is 8.94 Å². The standard InChI is InChI=1S/C12H10ClN5O2S/c13-8-4-2-1-3-7(8)11-15-10(20-18-11)6-21-12-17-16-9(5-14)19-12/h1-4H,5-6,14H2. The summed E-state index contributed by atoms with van der Waals surface area (Å²) in [5.41, 5.74) is 6.12. The molecule has 2 aromatic heterocycles. The van der Waals surface area contributed by atoms with Gasteiger partial charge < -0.3 is 14.7 Å². The average Bonchev–Trinajstić information content (AvgIpc) is 3.14. The van der Waals surface area contributed by atoms with Crippen molar-refractivity contribution in [2.24, 2.45) is 5.73 Å². The lowest BCUT2D eigenvalue weighted by molar-refractivity contribution is 0.389. The Bertz CT molecular complexity index is 745. The van der Waals surface area contributed by atoms with E-state index in [2.05, 4.69) is 20.3 Å². The smallest absolute Gasteiger partial charge is 0.277 e. The van der Waals surface area contributed by atoms with Crippen LogP contribution < -0.4 is 5.73 Å². The number of halogens is 1. The molecule has 9 heteroatoms. The van der Waals surface area contributed by atoms with Crippen LogP contribution in [0.5, 0.6) is 0 Å². The van der Waals surface area contributed by atoms with Crippen LogP contribution in [0.2, 0.25) is 5.02 Å². The first kappa shape index (κ1) is 14.1. The molecular formula is C12H10ClN5O2S. The first-order chi connectivity index (χ1) is 10.3. The zero-order chi connectivity index (χ0) is 14.7. The van der Waals surface area contributed by atoms with Gasteiger partial charge in [0, 0.05) is 5.56 Å². The van der Waals surface area contributed by atoms with Gasteiger partial charge in [0.15, 0.2) is 0 Å². The van der Waals surface area contributed by atoms with Crippen LogP contribution in [0.4, 0.5) is 0 Å². The minimum absolute atomic E-state index is 0.213. The number of nitrogens with zero attached hydrogens (tertiary/aromatic N) is 4. The van der Waals surface area contributed by atoms with E-state index in [1.165, 1.54) is 11.8 Å². The van der Waals surface area contributed by atoms with Crippen LogP contribution in [0.25, 0.3) is 11.4 Å². The monoisotopic (exact) mass is 323 g/mol. The molecule has 3 aromatic rings. The summed E-state index contributed by atoms with van der Waals surface area (Å²) in [6.45, 7) is 0.213. The van der Waals surface area contributed by atoms with Gasteiger partial charge in [-0.05, 0) is 12.1 Å². The number of rotatable bonds is 5. The van der Waals surface area contributed by atoms with Crippen LogP contribution >= 0.6 is 23.4 Å². The van der Waals surface area contributed by atoms with Crippen molar-refractivity contribution in [2.75, 3.05) is 0 Å². The molecule has 0 saturated carbocycles. The Morgan fingerprint density at radius 3 is 2.81 bits per heavy atom. The normalized spacial score (nSPS) is 11.0. The predicted octanol–water partition coefficient (Wildman–Crippen LogP) is 2.52. The van der Waals surface area contributed by atoms with Crippen LogP contribution in [-0.4, -0.2) is 20.3 Å². The van der Waals surface area contributed by atoms with E-state index in [9.17, 15) is 0 Å². The fraction of sp³-hybridized carbons (Fsp3) is 0.167. The van der Waals surface area contributed by atoms with E-state index in [1.54, 1.807) is 6.07 Å². The van der Waals surface area contributed by atoms with Gasteiger partial charge in [-0.1, -0.05) is 40.7 Å². The molecule has 0 aliphatic carbocycles. The number of benzene rings is 1.